The van der Waals surface area contributed by atoms with Crippen LogP contribution in [0.2, 0.25) is 10.0 Å². The molecule has 0 bridgehead atoms. The Labute approximate surface area is 96.2 Å². The van der Waals surface area contributed by atoms with Gasteiger partial charge in [-0.25, -0.2) is 0 Å². The van der Waals surface area contributed by atoms with Gasteiger partial charge in [-0.05, 0) is 18.2 Å². The smallest absolute Gasteiger partial charge is 0.134 e. The summed E-state index contributed by atoms with van der Waals surface area (Å²) >= 11 is 11.6. The first-order valence-electron chi connectivity index (χ1n) is 4.17. The second-order valence-corrected chi connectivity index (χ2v) is 3.73. The summed E-state index contributed by atoms with van der Waals surface area (Å²) in [6.45, 7) is 0.327. The molecular weight excluding hydrogens is 237 g/mol. The summed E-state index contributed by atoms with van der Waals surface area (Å²) < 4.78 is 5.42. The molecule has 0 amide bonds. The first-order chi connectivity index (χ1) is 7.24. The van der Waals surface area contributed by atoms with Crippen molar-refractivity contribution in [3.63, 3.8) is 0 Å². The summed E-state index contributed by atoms with van der Waals surface area (Å²) in [5, 5.41) is 11.1. The molecule has 4 nitrogen and oxygen atoms in total. The Morgan fingerprint density at radius 1 is 1.20 bits per heavy atom. The van der Waals surface area contributed by atoms with Gasteiger partial charge in [0.2, 0.25) is 0 Å². The summed E-state index contributed by atoms with van der Waals surface area (Å²) in [4.78, 5) is 0. The molecule has 1 heterocycles. The van der Waals surface area contributed by atoms with Crippen molar-refractivity contribution in [1.82, 2.24) is 15.4 Å². The average molecular weight is 244 g/mol. The van der Waals surface area contributed by atoms with Crippen LogP contribution < -0.4 is 4.74 Å². The molecule has 15 heavy (non-hydrogen) atoms. The first-order valence-corrected chi connectivity index (χ1v) is 4.93. The Morgan fingerprint density at radius 2 is 1.93 bits per heavy atom. The molecule has 78 valence electrons. The number of hydrogen-bond donors (Lipinski definition) is 1. The van der Waals surface area contributed by atoms with Crippen LogP contribution in [0.15, 0.2) is 24.4 Å². The lowest BCUT2D eigenvalue weighted by Crippen LogP contribution is -1.95. The number of nitrogens with zero attached hydrogens (tertiary/aromatic N) is 2. The van der Waals surface area contributed by atoms with Crippen molar-refractivity contribution in [2.75, 3.05) is 0 Å². The molecule has 0 radical (unpaired) electrons. The second-order valence-electron chi connectivity index (χ2n) is 2.86. The number of benzene rings is 1. The molecule has 2 aromatic rings. The highest BCUT2D eigenvalue weighted by molar-refractivity contribution is 6.34. The van der Waals surface area contributed by atoms with Gasteiger partial charge in [0, 0.05) is 10.0 Å². The highest BCUT2D eigenvalue weighted by Crippen LogP contribution is 2.24. The number of nitrogens with one attached hydrogen (secondary N) is 1. The topological polar surface area (TPSA) is 50.8 Å². The Bertz CT molecular complexity index is 424. The minimum absolute atomic E-state index is 0.327. The normalized spacial score (nSPS) is 10.3. The van der Waals surface area contributed by atoms with Crippen LogP contribution in [0.1, 0.15) is 5.69 Å². The molecule has 0 atom stereocenters. The molecule has 1 N–H and O–H groups in total. The number of rotatable bonds is 3. The van der Waals surface area contributed by atoms with E-state index >= 15 is 0 Å². The highest BCUT2D eigenvalue weighted by Gasteiger charge is 2.01. The quantitative estimate of drug-likeness (QED) is 0.902. The predicted octanol–water partition coefficient (Wildman–Crippen LogP) is 2.69. The molecule has 0 spiro atoms. The van der Waals surface area contributed by atoms with E-state index in [0.29, 0.717) is 28.1 Å². The fourth-order valence-electron chi connectivity index (χ4n) is 1.06. The van der Waals surface area contributed by atoms with Gasteiger partial charge in [-0.2, -0.15) is 15.4 Å². The summed E-state index contributed by atoms with van der Waals surface area (Å²) in [5.74, 6) is 0.607. The van der Waals surface area contributed by atoms with Crippen molar-refractivity contribution in [2.24, 2.45) is 0 Å². The number of halogens is 2. The van der Waals surface area contributed by atoms with E-state index in [1.54, 1.807) is 24.4 Å². The zero-order valence-electron chi connectivity index (χ0n) is 7.58. The minimum Gasteiger partial charge on any atom is -0.487 e. The summed E-state index contributed by atoms with van der Waals surface area (Å²) in [5.41, 5.74) is 0.714. The van der Waals surface area contributed by atoms with Crippen LogP contribution in [0, 0.1) is 0 Å². The third-order valence-corrected chi connectivity index (χ3v) is 2.12. The lowest BCUT2D eigenvalue weighted by atomic mass is 10.3. The Kier molecular flexibility index (Phi) is 3.08. The summed E-state index contributed by atoms with van der Waals surface area (Å²) in [7, 11) is 0. The van der Waals surface area contributed by atoms with E-state index < -0.39 is 0 Å². The Hall–Kier alpha value is -1.26. The lowest BCUT2D eigenvalue weighted by molar-refractivity contribution is 0.301. The van der Waals surface area contributed by atoms with Crippen LogP contribution in [-0.4, -0.2) is 15.4 Å². The molecule has 0 aliphatic carbocycles. The zero-order valence-corrected chi connectivity index (χ0v) is 9.09. The van der Waals surface area contributed by atoms with E-state index in [-0.39, 0.29) is 0 Å². The monoisotopic (exact) mass is 243 g/mol. The third-order valence-electron chi connectivity index (χ3n) is 1.69. The van der Waals surface area contributed by atoms with Crippen molar-refractivity contribution in [2.45, 2.75) is 6.61 Å². The van der Waals surface area contributed by atoms with Crippen LogP contribution in [0.3, 0.4) is 0 Å². The van der Waals surface area contributed by atoms with Crippen LogP contribution in [-0.2, 0) is 6.61 Å². The van der Waals surface area contributed by atoms with E-state index in [2.05, 4.69) is 15.4 Å². The minimum atomic E-state index is 0.327. The van der Waals surface area contributed by atoms with Gasteiger partial charge < -0.3 is 4.74 Å². The van der Waals surface area contributed by atoms with Crippen LogP contribution in [0.5, 0.6) is 5.75 Å². The van der Waals surface area contributed by atoms with Crippen LogP contribution in [0.25, 0.3) is 0 Å². The SMILES string of the molecule is Clc1cc(Cl)cc(OCc2cn[nH]n2)c1. The number of ether oxygens (including phenoxy) is 1. The number of aromatic nitrogens is 3. The van der Waals surface area contributed by atoms with E-state index in [1.807, 2.05) is 0 Å². The molecule has 1 aromatic carbocycles. The van der Waals surface area contributed by atoms with Crippen molar-refractivity contribution in [3.8, 4) is 5.75 Å². The van der Waals surface area contributed by atoms with Crippen LogP contribution >= 0.6 is 23.2 Å². The zero-order chi connectivity index (χ0) is 10.7. The molecule has 0 unspecified atom stereocenters. The molecule has 2 rings (SSSR count). The Balaban J connectivity index is 2.05. The van der Waals surface area contributed by atoms with Gasteiger partial charge >= 0.3 is 0 Å². The third kappa shape index (κ3) is 2.84. The molecule has 0 saturated carbocycles. The van der Waals surface area contributed by atoms with Gasteiger partial charge in [-0.1, -0.05) is 23.2 Å². The number of H-pyrrole nitrogens is 1. The van der Waals surface area contributed by atoms with Gasteiger partial charge in [0.1, 0.15) is 18.1 Å². The first kappa shape index (κ1) is 10.3. The van der Waals surface area contributed by atoms with Gasteiger partial charge in [0.15, 0.2) is 0 Å². The van der Waals surface area contributed by atoms with Crippen molar-refractivity contribution >= 4 is 23.2 Å². The highest BCUT2D eigenvalue weighted by atomic mass is 35.5. The number of hydrogen-bond acceptors (Lipinski definition) is 3. The molecule has 6 heteroatoms. The molecule has 0 aliphatic rings. The van der Waals surface area contributed by atoms with Crippen LogP contribution in [0.4, 0.5) is 0 Å². The van der Waals surface area contributed by atoms with E-state index in [4.69, 9.17) is 27.9 Å². The lowest BCUT2D eigenvalue weighted by Gasteiger charge is -2.04. The largest absolute Gasteiger partial charge is 0.487 e. The number of aromatic amines is 1. The molecule has 0 aliphatic heterocycles. The maximum absolute atomic E-state index is 5.81. The Morgan fingerprint density at radius 3 is 2.53 bits per heavy atom. The van der Waals surface area contributed by atoms with Crippen molar-refractivity contribution in [3.05, 3.63) is 40.1 Å². The van der Waals surface area contributed by atoms with Gasteiger partial charge in [-0.15, -0.1) is 0 Å². The summed E-state index contributed by atoms with van der Waals surface area (Å²) in [6, 6.07) is 5.02. The van der Waals surface area contributed by atoms with Gasteiger partial charge in [-0.3, -0.25) is 0 Å². The van der Waals surface area contributed by atoms with Gasteiger partial charge in [0.05, 0.1) is 6.20 Å². The van der Waals surface area contributed by atoms with Crippen molar-refractivity contribution < 1.29 is 4.74 Å². The van der Waals surface area contributed by atoms with E-state index in [9.17, 15) is 0 Å². The predicted molar refractivity (Wildman–Crippen MR) is 57.2 cm³/mol. The molecule has 0 saturated heterocycles. The fourth-order valence-corrected chi connectivity index (χ4v) is 1.57. The second kappa shape index (κ2) is 4.51. The van der Waals surface area contributed by atoms with Crippen molar-refractivity contribution in [1.29, 1.82) is 0 Å². The molecular formula is C9H7Cl2N3O. The maximum Gasteiger partial charge on any atom is 0.134 e. The molecule has 0 fully saturated rings. The van der Waals surface area contributed by atoms with E-state index in [0.717, 1.165) is 0 Å². The standard InChI is InChI=1S/C9H7Cl2N3O/c10-6-1-7(11)3-9(2-6)15-5-8-4-12-14-13-8/h1-4H,5H2,(H,12,13,14). The maximum atomic E-state index is 5.81. The summed E-state index contributed by atoms with van der Waals surface area (Å²) in [6.07, 6.45) is 1.59. The molecule has 1 aromatic heterocycles. The fraction of sp³-hybridized carbons (Fsp3) is 0.111. The van der Waals surface area contributed by atoms with E-state index in [1.165, 1.54) is 0 Å². The average Bonchev–Trinajstić information content (AvgIpc) is 2.65. The van der Waals surface area contributed by atoms with Gasteiger partial charge in [0.25, 0.3) is 0 Å².